The second-order valence-corrected chi connectivity index (χ2v) is 11.2. The highest BCUT2D eigenvalue weighted by molar-refractivity contribution is 6.30. The van der Waals surface area contributed by atoms with Crippen molar-refractivity contribution in [3.05, 3.63) is 130 Å². The van der Waals surface area contributed by atoms with Crippen molar-refractivity contribution in [2.45, 2.75) is 24.4 Å². The Hall–Kier alpha value is -5.20. The zero-order chi connectivity index (χ0) is 32.5. The van der Waals surface area contributed by atoms with E-state index in [2.05, 4.69) is 0 Å². The number of aliphatic carboxylic acids is 1. The summed E-state index contributed by atoms with van der Waals surface area (Å²) >= 11 is 6.21. The zero-order valence-corrected chi connectivity index (χ0v) is 25.3. The van der Waals surface area contributed by atoms with Gasteiger partial charge in [-0.05, 0) is 72.6 Å². The standard InChI is InChI=1S/C35H28ClFN2O6/c1-35(34(42)43)30(23-13-16-27(44-2)28(18-23)45-3)29(32(40)22-9-7-20(19-38)8-10-22)31(21-11-14-25(36)15-12-21)39(35)33(41)24-5-4-6-26(37)17-24/h4-18,29-31H,1-3H3,(H,42,43). The summed E-state index contributed by atoms with van der Waals surface area (Å²) in [7, 11) is 2.89. The SMILES string of the molecule is COc1ccc(C2C(C(=O)c3ccc(C#N)cc3)C(c3ccc(Cl)cc3)N(C(=O)c3cccc(F)c3)C2(C)C(=O)O)cc1OC. The third-order valence-corrected chi connectivity index (χ3v) is 8.64. The number of nitriles is 1. The summed E-state index contributed by atoms with van der Waals surface area (Å²) in [4.78, 5) is 43.8. The van der Waals surface area contributed by atoms with E-state index >= 15 is 0 Å². The van der Waals surface area contributed by atoms with Gasteiger partial charge in [-0.25, -0.2) is 9.18 Å². The van der Waals surface area contributed by atoms with Gasteiger partial charge in [0, 0.05) is 22.1 Å². The predicted octanol–water partition coefficient (Wildman–Crippen LogP) is 6.69. The fourth-order valence-electron chi connectivity index (χ4n) is 6.26. The quantitative estimate of drug-likeness (QED) is 0.217. The zero-order valence-electron chi connectivity index (χ0n) is 24.5. The van der Waals surface area contributed by atoms with E-state index in [1.807, 2.05) is 6.07 Å². The monoisotopic (exact) mass is 626 g/mol. The van der Waals surface area contributed by atoms with Crippen LogP contribution in [0.1, 0.15) is 56.3 Å². The molecular formula is C35H28ClFN2O6. The smallest absolute Gasteiger partial charge is 0.330 e. The van der Waals surface area contributed by atoms with Gasteiger partial charge in [-0.1, -0.05) is 48.0 Å². The summed E-state index contributed by atoms with van der Waals surface area (Å²) in [5.41, 5.74) is -0.720. The maximum atomic E-state index is 14.7. The van der Waals surface area contributed by atoms with E-state index in [0.29, 0.717) is 33.2 Å². The van der Waals surface area contributed by atoms with Crippen LogP contribution in [0.15, 0.2) is 91.0 Å². The Bertz CT molecular complexity index is 1820. The number of Topliss-reactive ketones (excluding diaryl/α,β-unsaturated/α-hetero) is 1. The molecule has 4 aromatic carbocycles. The first kappa shape index (κ1) is 31.2. The molecule has 1 heterocycles. The fraction of sp³-hybridized carbons (Fsp3) is 0.200. The van der Waals surface area contributed by atoms with E-state index in [-0.39, 0.29) is 11.1 Å². The molecule has 0 spiro atoms. The number of carbonyl (C=O) groups excluding carboxylic acids is 2. The summed E-state index contributed by atoms with van der Waals surface area (Å²) in [6.45, 7) is 1.39. The molecule has 5 rings (SSSR count). The van der Waals surface area contributed by atoms with Crippen molar-refractivity contribution < 1.29 is 33.4 Å². The first-order valence-electron chi connectivity index (χ1n) is 13.9. The van der Waals surface area contributed by atoms with E-state index in [9.17, 15) is 29.1 Å². The van der Waals surface area contributed by atoms with Crippen LogP contribution in [-0.2, 0) is 4.79 Å². The molecule has 0 bridgehead atoms. The number of carboxylic acids is 1. The molecule has 0 aliphatic carbocycles. The van der Waals surface area contributed by atoms with Gasteiger partial charge in [0.25, 0.3) is 5.91 Å². The molecule has 1 saturated heterocycles. The van der Waals surface area contributed by atoms with Crippen LogP contribution >= 0.6 is 11.6 Å². The van der Waals surface area contributed by atoms with Crippen LogP contribution in [0.2, 0.25) is 5.02 Å². The topological polar surface area (TPSA) is 117 Å². The molecular weight excluding hydrogens is 599 g/mol. The molecule has 4 unspecified atom stereocenters. The van der Waals surface area contributed by atoms with Gasteiger partial charge in [0.05, 0.1) is 37.8 Å². The van der Waals surface area contributed by atoms with Crippen LogP contribution < -0.4 is 9.47 Å². The third-order valence-electron chi connectivity index (χ3n) is 8.39. The summed E-state index contributed by atoms with van der Waals surface area (Å²) in [6, 6.07) is 23.1. The first-order chi connectivity index (χ1) is 21.5. The Labute approximate surface area is 264 Å². The minimum atomic E-state index is -2.04. The van der Waals surface area contributed by atoms with Gasteiger partial charge in [0.15, 0.2) is 17.3 Å². The second kappa shape index (κ2) is 12.4. The van der Waals surface area contributed by atoms with E-state index in [0.717, 1.165) is 6.07 Å². The maximum absolute atomic E-state index is 14.7. The third kappa shape index (κ3) is 5.49. The second-order valence-electron chi connectivity index (χ2n) is 10.8. The molecule has 1 N–H and O–H groups in total. The molecule has 0 radical (unpaired) electrons. The van der Waals surface area contributed by atoms with Gasteiger partial charge < -0.3 is 19.5 Å². The van der Waals surface area contributed by atoms with Gasteiger partial charge in [-0.15, -0.1) is 0 Å². The van der Waals surface area contributed by atoms with Crippen LogP contribution in [0.4, 0.5) is 4.39 Å². The van der Waals surface area contributed by atoms with E-state index < -0.39 is 46.9 Å². The number of halogens is 2. The largest absolute Gasteiger partial charge is 0.493 e. The Balaban J connectivity index is 1.84. The van der Waals surface area contributed by atoms with Crippen molar-refractivity contribution in [1.82, 2.24) is 4.90 Å². The van der Waals surface area contributed by atoms with Gasteiger partial charge >= 0.3 is 5.97 Å². The molecule has 228 valence electrons. The van der Waals surface area contributed by atoms with Gasteiger partial charge in [-0.3, -0.25) is 9.59 Å². The highest BCUT2D eigenvalue weighted by Crippen LogP contribution is 2.57. The average Bonchev–Trinajstić information content (AvgIpc) is 3.34. The van der Waals surface area contributed by atoms with Crippen LogP contribution in [0.5, 0.6) is 11.5 Å². The number of carboxylic acid groups (broad SMARTS) is 1. The van der Waals surface area contributed by atoms with Crippen molar-refractivity contribution in [2.75, 3.05) is 14.2 Å². The molecule has 1 aliphatic rings. The minimum Gasteiger partial charge on any atom is -0.493 e. The number of methoxy groups -OCH3 is 2. The summed E-state index contributed by atoms with van der Waals surface area (Å²) in [6.07, 6.45) is 0. The number of likely N-dealkylation sites (tertiary alicyclic amines) is 1. The normalized spacial score (nSPS) is 20.7. The van der Waals surface area contributed by atoms with Crippen molar-refractivity contribution in [1.29, 1.82) is 5.26 Å². The van der Waals surface area contributed by atoms with E-state index in [4.69, 9.17) is 21.1 Å². The molecule has 10 heteroatoms. The molecule has 4 atom stereocenters. The lowest BCUT2D eigenvalue weighted by molar-refractivity contribution is -0.148. The molecule has 1 amide bonds. The Kier molecular flexibility index (Phi) is 8.62. The number of ketones is 1. The van der Waals surface area contributed by atoms with Crippen LogP contribution in [-0.4, -0.2) is 47.4 Å². The van der Waals surface area contributed by atoms with Gasteiger partial charge in [0.1, 0.15) is 11.4 Å². The Morgan fingerprint density at radius 3 is 2.11 bits per heavy atom. The number of hydrogen-bond acceptors (Lipinski definition) is 6. The summed E-state index contributed by atoms with van der Waals surface area (Å²) in [5, 5.41) is 20.7. The molecule has 0 aromatic heterocycles. The Morgan fingerprint density at radius 1 is 0.889 bits per heavy atom. The van der Waals surface area contributed by atoms with E-state index in [1.165, 1.54) is 68.5 Å². The van der Waals surface area contributed by atoms with Crippen molar-refractivity contribution >= 4 is 29.3 Å². The average molecular weight is 627 g/mol. The Morgan fingerprint density at radius 2 is 1.53 bits per heavy atom. The molecule has 8 nitrogen and oxygen atoms in total. The van der Waals surface area contributed by atoms with Gasteiger partial charge in [-0.2, -0.15) is 5.26 Å². The molecule has 1 aliphatic heterocycles. The van der Waals surface area contributed by atoms with Gasteiger partial charge in [0.2, 0.25) is 0 Å². The summed E-state index contributed by atoms with van der Waals surface area (Å²) < 4.78 is 25.3. The summed E-state index contributed by atoms with van der Waals surface area (Å²) in [5.74, 6) is -4.92. The number of benzene rings is 4. The number of amides is 1. The highest BCUT2D eigenvalue weighted by Gasteiger charge is 2.65. The number of ether oxygens (including phenoxy) is 2. The number of rotatable bonds is 8. The number of hydrogen-bond donors (Lipinski definition) is 1. The van der Waals surface area contributed by atoms with E-state index in [1.54, 1.807) is 42.5 Å². The van der Waals surface area contributed by atoms with Crippen LogP contribution in [0.3, 0.4) is 0 Å². The molecule has 1 fully saturated rings. The molecule has 45 heavy (non-hydrogen) atoms. The minimum absolute atomic E-state index is 0.0843. The van der Waals surface area contributed by atoms with Crippen LogP contribution in [0.25, 0.3) is 0 Å². The fourth-order valence-corrected chi connectivity index (χ4v) is 6.38. The number of carbonyl (C=O) groups is 3. The molecule has 0 saturated carbocycles. The van der Waals surface area contributed by atoms with Crippen molar-refractivity contribution in [2.24, 2.45) is 5.92 Å². The highest BCUT2D eigenvalue weighted by atomic mass is 35.5. The maximum Gasteiger partial charge on any atom is 0.330 e. The lowest BCUT2D eigenvalue weighted by atomic mass is 9.71. The lowest BCUT2D eigenvalue weighted by Gasteiger charge is -2.38. The predicted molar refractivity (Wildman–Crippen MR) is 164 cm³/mol. The first-order valence-corrected chi connectivity index (χ1v) is 14.3. The van der Waals surface area contributed by atoms with Crippen molar-refractivity contribution in [3.8, 4) is 17.6 Å². The number of nitrogens with zero attached hydrogens (tertiary/aromatic N) is 2. The van der Waals surface area contributed by atoms with Crippen molar-refractivity contribution in [3.63, 3.8) is 0 Å². The lowest BCUT2D eigenvalue weighted by Crippen LogP contribution is -2.54. The molecule has 4 aromatic rings. The van der Waals surface area contributed by atoms with Crippen LogP contribution in [0, 0.1) is 23.1 Å².